The van der Waals surface area contributed by atoms with Crippen molar-refractivity contribution in [3.63, 3.8) is 0 Å². The highest BCUT2D eigenvalue weighted by Gasteiger charge is 2.37. The lowest BCUT2D eigenvalue weighted by molar-refractivity contribution is -0.144. The summed E-state index contributed by atoms with van der Waals surface area (Å²) < 4.78 is 4.83. The van der Waals surface area contributed by atoms with Crippen molar-refractivity contribution in [3.8, 4) is 0 Å². The molecule has 0 aromatic carbocycles. The molecule has 0 aromatic heterocycles. The van der Waals surface area contributed by atoms with Gasteiger partial charge in [-0.2, -0.15) is 0 Å². The lowest BCUT2D eigenvalue weighted by Gasteiger charge is -2.24. The summed E-state index contributed by atoms with van der Waals surface area (Å²) in [5, 5.41) is 14.7. The minimum absolute atomic E-state index is 0.203. The fourth-order valence-electron chi connectivity index (χ4n) is 1.84. The van der Waals surface area contributed by atoms with Crippen molar-refractivity contribution >= 4 is 11.9 Å². The standard InChI is InChI=1S/C11H20N2O4/c1-11(4-5-12-7-11)10(16)13-8(9(14)15)3-6-17-2/h8,12H,3-7H2,1-2H3,(H,13,16)(H,14,15). The molecule has 3 N–H and O–H groups in total. The fourth-order valence-corrected chi connectivity index (χ4v) is 1.84. The van der Waals surface area contributed by atoms with Gasteiger partial charge < -0.3 is 20.5 Å². The topological polar surface area (TPSA) is 87.7 Å². The molecule has 6 heteroatoms. The molecule has 1 amide bonds. The molecule has 1 rings (SSSR count). The Hall–Kier alpha value is -1.14. The highest BCUT2D eigenvalue weighted by atomic mass is 16.5. The van der Waals surface area contributed by atoms with Gasteiger partial charge in [-0.15, -0.1) is 0 Å². The molecule has 0 spiro atoms. The minimum atomic E-state index is -1.02. The normalized spacial score (nSPS) is 25.5. The molecule has 0 bridgehead atoms. The molecule has 98 valence electrons. The van der Waals surface area contributed by atoms with Crippen LogP contribution in [0.4, 0.5) is 0 Å². The molecular formula is C11H20N2O4. The van der Waals surface area contributed by atoms with Gasteiger partial charge in [0.15, 0.2) is 0 Å². The Kier molecular flexibility index (Phi) is 4.89. The highest BCUT2D eigenvalue weighted by Crippen LogP contribution is 2.24. The van der Waals surface area contributed by atoms with Crippen LogP contribution in [0.1, 0.15) is 19.8 Å². The van der Waals surface area contributed by atoms with Gasteiger partial charge >= 0.3 is 5.97 Å². The summed E-state index contributed by atoms with van der Waals surface area (Å²) in [6.07, 6.45) is 1.01. The van der Waals surface area contributed by atoms with Crippen molar-refractivity contribution in [2.45, 2.75) is 25.8 Å². The first-order valence-electron chi connectivity index (χ1n) is 5.73. The smallest absolute Gasteiger partial charge is 0.326 e. The van der Waals surface area contributed by atoms with Crippen molar-refractivity contribution < 1.29 is 19.4 Å². The summed E-state index contributed by atoms with van der Waals surface area (Å²) in [5.74, 6) is -1.23. The van der Waals surface area contributed by atoms with Gasteiger partial charge in [-0.25, -0.2) is 4.79 Å². The Morgan fingerprint density at radius 1 is 1.59 bits per heavy atom. The van der Waals surface area contributed by atoms with E-state index in [1.54, 1.807) is 0 Å². The van der Waals surface area contributed by atoms with Crippen molar-refractivity contribution in [3.05, 3.63) is 0 Å². The molecule has 0 radical (unpaired) electrons. The Morgan fingerprint density at radius 3 is 2.76 bits per heavy atom. The number of hydrogen-bond acceptors (Lipinski definition) is 4. The molecule has 17 heavy (non-hydrogen) atoms. The van der Waals surface area contributed by atoms with E-state index in [9.17, 15) is 9.59 Å². The molecule has 2 atom stereocenters. The van der Waals surface area contributed by atoms with Crippen LogP contribution in [0.25, 0.3) is 0 Å². The van der Waals surface area contributed by atoms with E-state index < -0.39 is 17.4 Å². The Bertz CT molecular complexity index is 287. The summed E-state index contributed by atoms with van der Waals surface area (Å²) in [4.78, 5) is 23.0. The van der Waals surface area contributed by atoms with Crippen LogP contribution < -0.4 is 10.6 Å². The second-order valence-electron chi connectivity index (χ2n) is 4.63. The maximum absolute atomic E-state index is 12.0. The third kappa shape index (κ3) is 3.67. The fraction of sp³-hybridized carbons (Fsp3) is 0.818. The summed E-state index contributed by atoms with van der Waals surface area (Å²) >= 11 is 0. The van der Waals surface area contributed by atoms with E-state index in [1.807, 2.05) is 6.92 Å². The van der Waals surface area contributed by atoms with Crippen molar-refractivity contribution in [1.82, 2.24) is 10.6 Å². The number of methoxy groups -OCH3 is 1. The van der Waals surface area contributed by atoms with Gasteiger partial charge in [0.1, 0.15) is 6.04 Å². The first-order chi connectivity index (χ1) is 7.99. The van der Waals surface area contributed by atoms with Crippen LogP contribution in [-0.4, -0.2) is 49.8 Å². The first kappa shape index (κ1) is 13.9. The summed E-state index contributed by atoms with van der Waals surface area (Å²) in [6.45, 7) is 3.54. The number of ether oxygens (including phenoxy) is 1. The second kappa shape index (κ2) is 5.97. The van der Waals surface area contributed by atoms with Gasteiger partial charge in [-0.1, -0.05) is 0 Å². The molecule has 0 aromatic rings. The number of carbonyl (C=O) groups excluding carboxylic acids is 1. The predicted octanol–water partition coefficient (Wildman–Crippen LogP) is -0.408. The van der Waals surface area contributed by atoms with E-state index in [-0.39, 0.29) is 12.3 Å². The van der Waals surface area contributed by atoms with E-state index >= 15 is 0 Å². The SMILES string of the molecule is COCCC(NC(=O)C1(C)CCNC1)C(=O)O. The number of rotatable bonds is 6. The van der Waals surface area contributed by atoms with E-state index in [0.717, 1.165) is 13.0 Å². The van der Waals surface area contributed by atoms with Gasteiger partial charge in [0.25, 0.3) is 0 Å². The summed E-state index contributed by atoms with van der Waals surface area (Å²) in [5.41, 5.74) is -0.499. The number of hydrogen-bond donors (Lipinski definition) is 3. The molecule has 1 aliphatic rings. The van der Waals surface area contributed by atoms with E-state index in [1.165, 1.54) is 7.11 Å². The van der Waals surface area contributed by atoms with E-state index in [2.05, 4.69) is 10.6 Å². The lowest BCUT2D eigenvalue weighted by Crippen LogP contribution is -2.48. The maximum atomic E-state index is 12.0. The van der Waals surface area contributed by atoms with Crippen LogP contribution >= 0.6 is 0 Å². The number of carbonyl (C=O) groups is 2. The highest BCUT2D eigenvalue weighted by molar-refractivity contribution is 5.87. The molecule has 1 heterocycles. The molecule has 6 nitrogen and oxygen atoms in total. The zero-order chi connectivity index (χ0) is 12.9. The number of aliphatic carboxylic acids is 1. The van der Waals surface area contributed by atoms with Crippen LogP contribution in [-0.2, 0) is 14.3 Å². The summed E-state index contributed by atoms with van der Waals surface area (Å²) in [7, 11) is 1.50. The molecule has 1 fully saturated rings. The lowest BCUT2D eigenvalue weighted by atomic mass is 9.88. The third-order valence-corrected chi connectivity index (χ3v) is 3.13. The Balaban J connectivity index is 2.54. The molecule has 0 aliphatic carbocycles. The van der Waals surface area contributed by atoms with Gasteiger partial charge in [0.2, 0.25) is 5.91 Å². The van der Waals surface area contributed by atoms with Gasteiger partial charge in [-0.3, -0.25) is 4.79 Å². The average Bonchev–Trinajstić information content (AvgIpc) is 2.72. The molecule has 2 unspecified atom stereocenters. The number of nitrogens with one attached hydrogen (secondary N) is 2. The molecule has 1 aliphatic heterocycles. The number of carboxylic acid groups (broad SMARTS) is 1. The zero-order valence-electron chi connectivity index (χ0n) is 10.3. The Labute approximate surface area is 101 Å². The number of carboxylic acids is 1. The van der Waals surface area contributed by atoms with Gasteiger partial charge in [0.05, 0.1) is 5.41 Å². The zero-order valence-corrected chi connectivity index (χ0v) is 10.3. The maximum Gasteiger partial charge on any atom is 0.326 e. The predicted molar refractivity (Wildman–Crippen MR) is 61.7 cm³/mol. The van der Waals surface area contributed by atoms with Crippen molar-refractivity contribution in [1.29, 1.82) is 0 Å². The van der Waals surface area contributed by atoms with Crippen LogP contribution in [0.15, 0.2) is 0 Å². The van der Waals surface area contributed by atoms with Gasteiger partial charge in [0, 0.05) is 26.7 Å². The van der Waals surface area contributed by atoms with Crippen LogP contribution in [0.5, 0.6) is 0 Å². The monoisotopic (exact) mass is 244 g/mol. The second-order valence-corrected chi connectivity index (χ2v) is 4.63. The molecule has 0 saturated carbocycles. The van der Waals surface area contributed by atoms with E-state index in [4.69, 9.17) is 9.84 Å². The van der Waals surface area contributed by atoms with Gasteiger partial charge in [-0.05, 0) is 19.9 Å². The minimum Gasteiger partial charge on any atom is -0.480 e. The van der Waals surface area contributed by atoms with Crippen LogP contribution in [0.2, 0.25) is 0 Å². The van der Waals surface area contributed by atoms with Crippen molar-refractivity contribution in [2.75, 3.05) is 26.8 Å². The number of amides is 1. The quantitative estimate of drug-likeness (QED) is 0.591. The third-order valence-electron chi connectivity index (χ3n) is 3.13. The summed E-state index contributed by atoms with van der Waals surface area (Å²) in [6, 6.07) is -0.875. The largest absolute Gasteiger partial charge is 0.480 e. The Morgan fingerprint density at radius 2 is 2.29 bits per heavy atom. The molecule has 1 saturated heterocycles. The van der Waals surface area contributed by atoms with Crippen molar-refractivity contribution in [2.24, 2.45) is 5.41 Å². The van der Waals surface area contributed by atoms with Crippen LogP contribution in [0.3, 0.4) is 0 Å². The average molecular weight is 244 g/mol. The molecular weight excluding hydrogens is 224 g/mol. The van der Waals surface area contributed by atoms with Crippen LogP contribution in [0, 0.1) is 5.41 Å². The first-order valence-corrected chi connectivity index (χ1v) is 5.73. The van der Waals surface area contributed by atoms with E-state index in [0.29, 0.717) is 13.2 Å².